The van der Waals surface area contributed by atoms with E-state index in [1.54, 1.807) is 0 Å². The molecule has 1 aliphatic rings. The van der Waals surface area contributed by atoms with Crippen molar-refractivity contribution < 1.29 is 23.5 Å². The fourth-order valence-corrected chi connectivity index (χ4v) is 1.60. The number of amides is 2. The summed E-state index contributed by atoms with van der Waals surface area (Å²) in [7, 11) is 0. The van der Waals surface area contributed by atoms with Crippen molar-refractivity contribution in [2.24, 2.45) is 0 Å². The second-order valence-corrected chi connectivity index (χ2v) is 3.61. The Morgan fingerprint density at radius 1 is 1.29 bits per heavy atom. The van der Waals surface area contributed by atoms with E-state index in [2.05, 4.69) is 5.32 Å². The molecule has 90 valence electrons. The SMILES string of the molecule is O=C1CN(C(=O)O)Cc2cc(F)c(F)cc2N1. The molecule has 5 nitrogen and oxygen atoms in total. The standard InChI is InChI=1S/C10H8F2N2O3/c11-6-1-5-3-14(10(16)17)4-9(15)13-8(5)2-7(6)12/h1-2H,3-4H2,(H,13,15)(H,16,17). The number of halogens is 2. The van der Waals surface area contributed by atoms with E-state index in [0.29, 0.717) is 0 Å². The monoisotopic (exact) mass is 242 g/mol. The molecule has 1 aromatic carbocycles. The third-order valence-corrected chi connectivity index (χ3v) is 2.39. The Kier molecular flexibility index (Phi) is 2.66. The summed E-state index contributed by atoms with van der Waals surface area (Å²) in [6.07, 6.45) is -1.29. The summed E-state index contributed by atoms with van der Waals surface area (Å²) in [5, 5.41) is 11.1. The predicted molar refractivity (Wildman–Crippen MR) is 53.4 cm³/mol. The van der Waals surface area contributed by atoms with Gasteiger partial charge < -0.3 is 10.4 Å². The topological polar surface area (TPSA) is 69.6 Å². The number of hydrogen-bond donors (Lipinski definition) is 2. The van der Waals surface area contributed by atoms with Gasteiger partial charge >= 0.3 is 6.09 Å². The molecule has 1 aliphatic heterocycles. The molecule has 0 bridgehead atoms. The molecule has 2 rings (SSSR count). The number of rotatable bonds is 0. The normalized spacial score (nSPS) is 14.9. The van der Waals surface area contributed by atoms with Gasteiger partial charge in [-0.15, -0.1) is 0 Å². The van der Waals surface area contributed by atoms with Crippen LogP contribution in [0.2, 0.25) is 0 Å². The molecule has 17 heavy (non-hydrogen) atoms. The van der Waals surface area contributed by atoms with E-state index >= 15 is 0 Å². The van der Waals surface area contributed by atoms with Gasteiger partial charge in [-0.1, -0.05) is 0 Å². The lowest BCUT2D eigenvalue weighted by Gasteiger charge is -2.14. The molecule has 0 atom stereocenters. The van der Waals surface area contributed by atoms with Gasteiger partial charge in [0.1, 0.15) is 6.54 Å². The van der Waals surface area contributed by atoms with E-state index in [-0.39, 0.29) is 24.3 Å². The molecule has 1 aromatic rings. The Labute approximate surface area is 94.6 Å². The molecular weight excluding hydrogens is 234 g/mol. The summed E-state index contributed by atoms with van der Waals surface area (Å²) in [5.41, 5.74) is 0.315. The third kappa shape index (κ3) is 2.17. The Bertz CT molecular complexity index is 505. The zero-order valence-corrected chi connectivity index (χ0v) is 8.54. The highest BCUT2D eigenvalue weighted by atomic mass is 19.2. The smallest absolute Gasteiger partial charge is 0.408 e. The highest BCUT2D eigenvalue weighted by Crippen LogP contribution is 2.23. The highest BCUT2D eigenvalue weighted by molar-refractivity contribution is 5.95. The van der Waals surface area contributed by atoms with Crippen LogP contribution in [0.5, 0.6) is 0 Å². The van der Waals surface area contributed by atoms with Crippen LogP contribution in [0.25, 0.3) is 0 Å². The maximum absolute atomic E-state index is 13.0. The van der Waals surface area contributed by atoms with Gasteiger partial charge in [-0.25, -0.2) is 13.6 Å². The molecule has 7 heteroatoms. The number of hydrogen-bond acceptors (Lipinski definition) is 2. The second-order valence-electron chi connectivity index (χ2n) is 3.61. The number of anilines is 1. The number of fused-ring (bicyclic) bond motifs is 1. The zero-order chi connectivity index (χ0) is 12.6. The van der Waals surface area contributed by atoms with Crippen LogP contribution in [-0.4, -0.2) is 28.6 Å². The molecule has 0 unspecified atom stereocenters. The van der Waals surface area contributed by atoms with Crippen molar-refractivity contribution in [3.63, 3.8) is 0 Å². The maximum Gasteiger partial charge on any atom is 0.408 e. The molecule has 0 spiro atoms. The van der Waals surface area contributed by atoms with Gasteiger partial charge in [0.15, 0.2) is 11.6 Å². The van der Waals surface area contributed by atoms with E-state index in [1.165, 1.54) is 0 Å². The summed E-state index contributed by atoms with van der Waals surface area (Å²) in [6.45, 7) is -0.534. The molecule has 0 radical (unpaired) electrons. The molecule has 1 heterocycles. The van der Waals surface area contributed by atoms with Crippen molar-refractivity contribution in [2.75, 3.05) is 11.9 Å². The number of nitrogens with one attached hydrogen (secondary N) is 1. The fourth-order valence-electron chi connectivity index (χ4n) is 1.60. The van der Waals surface area contributed by atoms with Gasteiger partial charge in [0, 0.05) is 11.8 Å². The first-order valence-corrected chi connectivity index (χ1v) is 4.73. The summed E-state index contributed by atoms with van der Waals surface area (Å²) < 4.78 is 26.0. The third-order valence-electron chi connectivity index (χ3n) is 2.39. The Morgan fingerprint density at radius 3 is 2.59 bits per heavy atom. The minimum Gasteiger partial charge on any atom is -0.465 e. The number of carboxylic acid groups (broad SMARTS) is 1. The van der Waals surface area contributed by atoms with Gasteiger partial charge in [0.05, 0.1) is 6.54 Å². The second kappa shape index (κ2) is 4.00. The van der Waals surface area contributed by atoms with Crippen molar-refractivity contribution in [3.8, 4) is 0 Å². The highest BCUT2D eigenvalue weighted by Gasteiger charge is 2.24. The van der Waals surface area contributed by atoms with Gasteiger partial charge in [-0.05, 0) is 11.6 Å². The van der Waals surface area contributed by atoms with Crippen molar-refractivity contribution >= 4 is 17.7 Å². The lowest BCUT2D eigenvalue weighted by Crippen LogP contribution is -2.34. The summed E-state index contributed by atoms with van der Waals surface area (Å²) >= 11 is 0. The molecular formula is C10H8F2N2O3. The minimum atomic E-state index is -1.29. The van der Waals surface area contributed by atoms with Crippen molar-refractivity contribution in [3.05, 3.63) is 29.3 Å². The van der Waals surface area contributed by atoms with Crippen LogP contribution in [0.15, 0.2) is 12.1 Å². The summed E-state index contributed by atoms with van der Waals surface area (Å²) in [4.78, 5) is 22.9. The number of nitrogens with zero attached hydrogens (tertiary/aromatic N) is 1. The molecule has 0 saturated heterocycles. The average molecular weight is 242 g/mol. The van der Waals surface area contributed by atoms with Crippen LogP contribution in [0, 0.1) is 11.6 Å². The van der Waals surface area contributed by atoms with Crippen LogP contribution in [0.4, 0.5) is 19.3 Å². The average Bonchev–Trinajstić information content (AvgIpc) is 2.38. The fraction of sp³-hybridized carbons (Fsp3) is 0.200. The zero-order valence-electron chi connectivity index (χ0n) is 8.54. The Hall–Kier alpha value is -2.18. The van der Waals surface area contributed by atoms with Crippen LogP contribution in [-0.2, 0) is 11.3 Å². The lowest BCUT2D eigenvalue weighted by atomic mass is 10.1. The van der Waals surface area contributed by atoms with E-state index in [1.807, 2.05) is 0 Å². The first-order valence-electron chi connectivity index (χ1n) is 4.73. The number of benzene rings is 1. The molecule has 0 saturated carbocycles. The van der Waals surface area contributed by atoms with Gasteiger partial charge in [-0.3, -0.25) is 9.69 Å². The Balaban J connectivity index is 2.44. The first kappa shape index (κ1) is 11.3. The predicted octanol–water partition coefficient (Wildman–Crippen LogP) is 1.40. The van der Waals surface area contributed by atoms with Crippen molar-refractivity contribution in [1.82, 2.24) is 4.90 Å². The summed E-state index contributed by atoms with van der Waals surface area (Å²) in [5.74, 6) is -2.75. The largest absolute Gasteiger partial charge is 0.465 e. The van der Waals surface area contributed by atoms with E-state index in [0.717, 1.165) is 17.0 Å². The van der Waals surface area contributed by atoms with Crippen molar-refractivity contribution in [2.45, 2.75) is 6.54 Å². The quantitative estimate of drug-likeness (QED) is 0.722. The van der Waals surface area contributed by atoms with Crippen LogP contribution in [0.3, 0.4) is 0 Å². The first-order chi connectivity index (χ1) is 7.97. The lowest BCUT2D eigenvalue weighted by molar-refractivity contribution is -0.116. The number of carbonyl (C=O) groups excluding carboxylic acids is 1. The number of carbonyl (C=O) groups is 2. The van der Waals surface area contributed by atoms with E-state index in [9.17, 15) is 18.4 Å². The van der Waals surface area contributed by atoms with Crippen molar-refractivity contribution in [1.29, 1.82) is 0 Å². The molecule has 0 fully saturated rings. The van der Waals surface area contributed by atoms with E-state index in [4.69, 9.17) is 5.11 Å². The Morgan fingerprint density at radius 2 is 1.94 bits per heavy atom. The molecule has 0 aliphatic carbocycles. The van der Waals surface area contributed by atoms with Crippen LogP contribution >= 0.6 is 0 Å². The van der Waals surface area contributed by atoms with Gasteiger partial charge in [0.2, 0.25) is 5.91 Å². The van der Waals surface area contributed by atoms with Crippen LogP contribution < -0.4 is 5.32 Å². The van der Waals surface area contributed by atoms with Crippen LogP contribution in [0.1, 0.15) is 5.56 Å². The molecule has 2 amide bonds. The summed E-state index contributed by atoms with van der Waals surface area (Å²) in [6, 6.07) is 1.72. The van der Waals surface area contributed by atoms with E-state index < -0.39 is 23.6 Å². The van der Waals surface area contributed by atoms with Gasteiger partial charge in [0.25, 0.3) is 0 Å². The maximum atomic E-state index is 13.0. The molecule has 2 N–H and O–H groups in total. The minimum absolute atomic E-state index is 0.0950. The van der Waals surface area contributed by atoms with Gasteiger partial charge in [-0.2, -0.15) is 0 Å². The molecule has 0 aromatic heterocycles.